The summed E-state index contributed by atoms with van der Waals surface area (Å²) in [6.07, 6.45) is 0. The van der Waals surface area contributed by atoms with Crippen LogP contribution in [0.15, 0.2) is 48.5 Å². The van der Waals surface area contributed by atoms with Crippen molar-refractivity contribution in [2.24, 2.45) is 11.8 Å². The Kier molecular flexibility index (Phi) is 8.36. The quantitative estimate of drug-likeness (QED) is 0.641. The lowest BCUT2D eigenvalue weighted by molar-refractivity contribution is 0.0932. The molecule has 4 heteroatoms. The lowest BCUT2D eigenvalue weighted by Crippen LogP contribution is -2.06. The Labute approximate surface area is 155 Å². The zero-order valence-corrected chi connectivity index (χ0v) is 16.1. The van der Waals surface area contributed by atoms with Crippen LogP contribution >= 0.6 is 11.6 Å². The molecule has 0 heterocycles. The summed E-state index contributed by atoms with van der Waals surface area (Å²) in [5.41, 5.74) is 1.48. The van der Waals surface area contributed by atoms with Gasteiger partial charge < -0.3 is 4.74 Å². The predicted molar refractivity (Wildman–Crippen MR) is 103 cm³/mol. The summed E-state index contributed by atoms with van der Waals surface area (Å²) in [7, 11) is 1.61. The minimum atomic E-state index is 0.0474. The average Bonchev–Trinajstić information content (AvgIpc) is 2.61. The highest BCUT2D eigenvalue weighted by Gasteiger charge is 2.10. The van der Waals surface area contributed by atoms with E-state index in [9.17, 15) is 9.59 Å². The summed E-state index contributed by atoms with van der Waals surface area (Å²) in [5, 5.41) is 0.662. The monoisotopic (exact) mass is 360 g/mol. The highest BCUT2D eigenvalue weighted by molar-refractivity contribution is 6.30. The standard InChI is InChI=1S/C11H14O2.C10H11ClO/c1-8(2)11(12)9-4-6-10(13-3)7-5-9;1-7(2)10(12)8-3-5-9(11)6-4-8/h4-8H,1-3H3;3-7H,1-2H3. The molecular weight excluding hydrogens is 336 g/mol. The number of ether oxygens (including phenoxy) is 1. The van der Waals surface area contributed by atoms with Crippen LogP contribution in [0.25, 0.3) is 0 Å². The molecule has 0 spiro atoms. The first-order valence-corrected chi connectivity index (χ1v) is 8.62. The van der Waals surface area contributed by atoms with Crippen molar-refractivity contribution >= 4 is 23.2 Å². The van der Waals surface area contributed by atoms with Gasteiger partial charge in [-0.2, -0.15) is 0 Å². The Bertz CT molecular complexity index is 686. The zero-order valence-electron chi connectivity index (χ0n) is 15.4. The third-order valence-electron chi connectivity index (χ3n) is 3.55. The second-order valence-corrected chi connectivity index (χ2v) is 6.71. The largest absolute Gasteiger partial charge is 0.497 e. The van der Waals surface area contributed by atoms with Crippen molar-refractivity contribution in [3.63, 3.8) is 0 Å². The van der Waals surface area contributed by atoms with Crippen LogP contribution in [0.5, 0.6) is 5.75 Å². The number of carbonyl (C=O) groups is 2. The highest BCUT2D eigenvalue weighted by Crippen LogP contribution is 2.14. The SMILES string of the molecule is CC(C)C(=O)c1ccc(Cl)cc1.COc1ccc(C(=O)C(C)C)cc1. The molecule has 0 unspecified atom stereocenters. The van der Waals surface area contributed by atoms with Crippen molar-refractivity contribution in [1.29, 1.82) is 0 Å². The van der Waals surface area contributed by atoms with E-state index < -0.39 is 0 Å². The van der Waals surface area contributed by atoms with Crippen LogP contribution < -0.4 is 4.74 Å². The molecule has 0 aromatic heterocycles. The first-order valence-electron chi connectivity index (χ1n) is 8.24. The Morgan fingerprint density at radius 2 is 1.12 bits per heavy atom. The van der Waals surface area contributed by atoms with Crippen LogP contribution in [0.4, 0.5) is 0 Å². The van der Waals surface area contributed by atoms with E-state index in [1.807, 2.05) is 27.7 Å². The number of halogens is 1. The van der Waals surface area contributed by atoms with Crippen LogP contribution in [0.3, 0.4) is 0 Å². The number of hydrogen-bond acceptors (Lipinski definition) is 3. The molecule has 0 aliphatic carbocycles. The van der Waals surface area contributed by atoms with Crippen molar-refractivity contribution in [2.75, 3.05) is 7.11 Å². The molecule has 2 rings (SSSR count). The Balaban J connectivity index is 0.000000251. The van der Waals surface area contributed by atoms with Crippen molar-refractivity contribution in [3.8, 4) is 5.75 Å². The number of carbonyl (C=O) groups excluding carboxylic acids is 2. The molecule has 0 saturated carbocycles. The van der Waals surface area contributed by atoms with Gasteiger partial charge in [0.05, 0.1) is 7.11 Å². The van der Waals surface area contributed by atoms with E-state index in [4.69, 9.17) is 16.3 Å². The number of Topliss-reactive ketones (excluding diaryl/α,β-unsaturated/α-hetero) is 2. The first kappa shape index (κ1) is 20.9. The number of rotatable bonds is 5. The minimum absolute atomic E-state index is 0.0474. The maximum Gasteiger partial charge on any atom is 0.165 e. The number of ketones is 2. The number of hydrogen-bond donors (Lipinski definition) is 0. The average molecular weight is 361 g/mol. The molecule has 25 heavy (non-hydrogen) atoms. The summed E-state index contributed by atoms with van der Waals surface area (Å²) >= 11 is 5.68. The molecule has 0 atom stereocenters. The van der Waals surface area contributed by atoms with Crippen LogP contribution in [-0.2, 0) is 0 Å². The smallest absolute Gasteiger partial charge is 0.165 e. The van der Waals surface area contributed by atoms with E-state index in [1.165, 1.54) is 0 Å². The van der Waals surface area contributed by atoms with Gasteiger partial charge in [0.25, 0.3) is 0 Å². The Morgan fingerprint density at radius 1 is 0.760 bits per heavy atom. The first-order chi connectivity index (χ1) is 11.8. The second kappa shape index (κ2) is 10.00. The molecule has 0 amide bonds. The normalized spacial score (nSPS) is 10.2. The van der Waals surface area contributed by atoms with Gasteiger partial charge in [0, 0.05) is 28.0 Å². The molecule has 0 N–H and O–H groups in total. The van der Waals surface area contributed by atoms with Gasteiger partial charge in [0.15, 0.2) is 11.6 Å². The molecular formula is C21H25ClO3. The summed E-state index contributed by atoms with van der Waals surface area (Å²) in [6.45, 7) is 7.56. The van der Waals surface area contributed by atoms with Crippen molar-refractivity contribution in [2.45, 2.75) is 27.7 Å². The van der Waals surface area contributed by atoms with Gasteiger partial charge in [-0.05, 0) is 48.5 Å². The Hall–Kier alpha value is -2.13. The molecule has 3 nitrogen and oxygen atoms in total. The van der Waals surface area contributed by atoms with Gasteiger partial charge >= 0.3 is 0 Å². The summed E-state index contributed by atoms with van der Waals surface area (Å²) in [5.74, 6) is 1.20. The van der Waals surface area contributed by atoms with Gasteiger partial charge in [0.1, 0.15) is 5.75 Å². The highest BCUT2D eigenvalue weighted by atomic mass is 35.5. The van der Waals surface area contributed by atoms with Crippen molar-refractivity contribution in [3.05, 3.63) is 64.7 Å². The van der Waals surface area contributed by atoms with E-state index in [2.05, 4.69) is 0 Å². The molecule has 0 aliphatic heterocycles. The molecule has 2 aromatic rings. The van der Waals surface area contributed by atoms with E-state index >= 15 is 0 Å². The van der Waals surface area contributed by atoms with E-state index in [0.717, 1.165) is 16.9 Å². The molecule has 0 saturated heterocycles. The van der Waals surface area contributed by atoms with Gasteiger partial charge in [-0.25, -0.2) is 0 Å². The minimum Gasteiger partial charge on any atom is -0.497 e. The van der Waals surface area contributed by atoms with Crippen LogP contribution in [0.1, 0.15) is 48.4 Å². The van der Waals surface area contributed by atoms with E-state index in [-0.39, 0.29) is 23.4 Å². The zero-order chi connectivity index (χ0) is 19.0. The van der Waals surface area contributed by atoms with Gasteiger partial charge in [-0.1, -0.05) is 39.3 Å². The van der Waals surface area contributed by atoms with Gasteiger partial charge in [-0.15, -0.1) is 0 Å². The fourth-order valence-corrected chi connectivity index (χ4v) is 2.16. The second-order valence-electron chi connectivity index (χ2n) is 6.27. The summed E-state index contributed by atoms with van der Waals surface area (Å²) < 4.78 is 5.00. The van der Waals surface area contributed by atoms with Crippen LogP contribution in [-0.4, -0.2) is 18.7 Å². The van der Waals surface area contributed by atoms with Crippen molar-refractivity contribution in [1.82, 2.24) is 0 Å². The topological polar surface area (TPSA) is 43.4 Å². The third kappa shape index (κ3) is 6.71. The van der Waals surface area contributed by atoms with E-state index in [0.29, 0.717) is 5.02 Å². The molecule has 0 fully saturated rings. The van der Waals surface area contributed by atoms with Gasteiger partial charge in [-0.3, -0.25) is 9.59 Å². The number of methoxy groups -OCH3 is 1. The van der Waals surface area contributed by atoms with E-state index in [1.54, 1.807) is 55.6 Å². The molecule has 2 aromatic carbocycles. The summed E-state index contributed by atoms with van der Waals surface area (Å²) in [4.78, 5) is 22.9. The molecule has 0 aliphatic rings. The Morgan fingerprint density at radius 3 is 1.44 bits per heavy atom. The maximum atomic E-state index is 11.5. The fourth-order valence-electron chi connectivity index (χ4n) is 2.04. The molecule has 134 valence electrons. The van der Waals surface area contributed by atoms with Gasteiger partial charge in [0.2, 0.25) is 0 Å². The number of benzene rings is 2. The lowest BCUT2D eigenvalue weighted by Gasteiger charge is -2.04. The van der Waals surface area contributed by atoms with Crippen molar-refractivity contribution < 1.29 is 14.3 Å². The maximum absolute atomic E-state index is 11.5. The summed E-state index contributed by atoms with van der Waals surface area (Å²) in [6, 6.07) is 14.2. The lowest BCUT2D eigenvalue weighted by atomic mass is 10.0. The fraction of sp³-hybridized carbons (Fsp3) is 0.333. The third-order valence-corrected chi connectivity index (χ3v) is 3.80. The van der Waals surface area contributed by atoms with Crippen LogP contribution in [0.2, 0.25) is 5.02 Å². The molecule has 0 bridgehead atoms. The molecule has 0 radical (unpaired) electrons. The van der Waals surface area contributed by atoms with Crippen LogP contribution in [0, 0.1) is 11.8 Å². The predicted octanol–water partition coefficient (Wildman–Crippen LogP) is 5.71.